The van der Waals surface area contributed by atoms with Crippen molar-refractivity contribution in [1.29, 1.82) is 0 Å². The quantitative estimate of drug-likeness (QED) is 0.298. The average molecular weight is 830 g/mol. The van der Waals surface area contributed by atoms with Gasteiger partial charge in [-0.2, -0.15) is 0 Å². The number of piperidine rings is 3. The molecule has 0 saturated carbocycles. The monoisotopic (exact) mass is 829 g/mol. The van der Waals surface area contributed by atoms with Crippen LogP contribution in [0, 0.1) is 13.8 Å². The first kappa shape index (κ1) is 43.2. The molecule has 7 rings (SSSR count). The van der Waals surface area contributed by atoms with E-state index < -0.39 is 12.2 Å². The van der Waals surface area contributed by atoms with Gasteiger partial charge in [0.15, 0.2) is 6.10 Å². The van der Waals surface area contributed by atoms with E-state index in [2.05, 4.69) is 15.1 Å². The molecule has 0 radical (unpaired) electrons. The van der Waals surface area contributed by atoms with E-state index in [1.807, 2.05) is 60.0 Å². The van der Waals surface area contributed by atoms with E-state index >= 15 is 0 Å². The number of piperazine rings is 1. The number of nitrogens with zero attached hydrogens (tertiary/aromatic N) is 6. The fourth-order valence-electron chi connectivity index (χ4n) is 9.56. The van der Waals surface area contributed by atoms with Crippen LogP contribution in [0.25, 0.3) is 0 Å². The van der Waals surface area contributed by atoms with Crippen molar-refractivity contribution < 1.29 is 38.6 Å². The molecule has 0 spiro atoms. The van der Waals surface area contributed by atoms with Gasteiger partial charge in [-0.1, -0.05) is 30.3 Å². The number of rotatable bonds is 12. The molecule has 5 aliphatic rings. The summed E-state index contributed by atoms with van der Waals surface area (Å²) in [6.07, 6.45) is 5.44. The van der Waals surface area contributed by atoms with E-state index in [1.165, 1.54) is 0 Å². The second-order valence-corrected chi connectivity index (χ2v) is 17.1. The van der Waals surface area contributed by atoms with Gasteiger partial charge in [-0.3, -0.25) is 19.3 Å². The van der Waals surface area contributed by atoms with E-state index in [0.29, 0.717) is 88.7 Å². The summed E-state index contributed by atoms with van der Waals surface area (Å²) >= 11 is 0. The van der Waals surface area contributed by atoms with E-state index in [9.17, 15) is 29.1 Å². The van der Waals surface area contributed by atoms with E-state index in [1.54, 1.807) is 9.80 Å². The molecule has 0 aliphatic carbocycles. The Morgan fingerprint density at radius 3 is 2.22 bits per heavy atom. The van der Waals surface area contributed by atoms with Gasteiger partial charge in [-0.15, -0.1) is 0 Å². The van der Waals surface area contributed by atoms with E-state index in [0.717, 1.165) is 81.6 Å². The molecule has 5 aliphatic heterocycles. The van der Waals surface area contributed by atoms with Crippen LogP contribution in [-0.2, 0) is 36.7 Å². The van der Waals surface area contributed by atoms with Crippen LogP contribution < -0.4 is 5.32 Å². The molecule has 1 atom stereocenters. The number of esters is 1. The first-order valence-corrected chi connectivity index (χ1v) is 22.1. The molecular formula is C45H63N7O8. The van der Waals surface area contributed by atoms with E-state index in [-0.39, 0.29) is 48.6 Å². The lowest BCUT2D eigenvalue weighted by atomic mass is 10.00. The lowest BCUT2D eigenvalue weighted by Crippen LogP contribution is -2.56. The summed E-state index contributed by atoms with van der Waals surface area (Å²) in [4.78, 5) is 77.5. The Labute approximate surface area is 353 Å². The Kier molecular flexibility index (Phi) is 14.5. The molecule has 4 fully saturated rings. The van der Waals surface area contributed by atoms with Gasteiger partial charge in [0.2, 0.25) is 5.91 Å². The number of aromatic hydroxyl groups is 1. The summed E-state index contributed by atoms with van der Waals surface area (Å²) in [5.74, 6) is -0.0825. The highest BCUT2D eigenvalue weighted by molar-refractivity contribution is 5.91. The van der Waals surface area contributed by atoms with Gasteiger partial charge >= 0.3 is 18.1 Å². The second-order valence-electron chi connectivity index (χ2n) is 17.1. The van der Waals surface area contributed by atoms with Gasteiger partial charge in [-0.25, -0.2) is 9.59 Å². The number of carbonyl (C=O) groups excluding carboxylic acids is 5. The maximum atomic E-state index is 14.2. The molecule has 0 bridgehead atoms. The van der Waals surface area contributed by atoms with Crippen molar-refractivity contribution in [1.82, 2.24) is 29.4 Å². The minimum absolute atomic E-state index is 0.00921. The number of likely N-dealkylation sites (tertiary alicyclic amines) is 3. The number of amides is 5. The largest absolute Gasteiger partial charge is 0.507 e. The van der Waals surface area contributed by atoms with Crippen LogP contribution in [0.4, 0.5) is 15.3 Å². The van der Waals surface area contributed by atoms with Gasteiger partial charge in [0.25, 0.3) is 5.91 Å². The molecular weight excluding hydrogens is 767 g/mol. The van der Waals surface area contributed by atoms with Gasteiger partial charge in [0.1, 0.15) is 12.4 Å². The number of phenols is 1. The number of hydrogen-bond acceptors (Lipinski definition) is 10. The first-order chi connectivity index (χ1) is 29.0. The highest BCUT2D eigenvalue weighted by Gasteiger charge is 2.36. The Morgan fingerprint density at radius 1 is 0.800 bits per heavy atom. The van der Waals surface area contributed by atoms with Crippen LogP contribution >= 0.6 is 0 Å². The fourth-order valence-corrected chi connectivity index (χ4v) is 9.56. The average Bonchev–Trinajstić information content (AvgIpc) is 3.43. The number of para-hydroxylation sites is 1. The number of phenolic OH excluding ortho intramolecular Hbond substituents is 1. The van der Waals surface area contributed by atoms with Gasteiger partial charge in [0.05, 0.1) is 13.0 Å². The highest BCUT2D eigenvalue weighted by Crippen LogP contribution is 2.27. The molecule has 0 aromatic heterocycles. The molecule has 2 N–H and O–H groups in total. The van der Waals surface area contributed by atoms with Crippen molar-refractivity contribution in [3.05, 3.63) is 58.7 Å². The smallest absolute Gasteiger partial charge is 0.410 e. The minimum atomic E-state index is -1.03. The van der Waals surface area contributed by atoms with Crippen molar-refractivity contribution in [2.24, 2.45) is 0 Å². The number of hydrogen-bond donors (Lipinski definition) is 2. The van der Waals surface area contributed by atoms with Crippen LogP contribution in [0.2, 0.25) is 0 Å². The SMILES string of the molecule is Cc1cc(C[C@@H](OC(=O)N2CCC(N3CCc4ccccc4NC3=O)CC2)C(=O)N2CCN(C3CCN(CCC(=O)OCCN4CCCCC4=O)CC3)CC2)cc(C)c1O. The van der Waals surface area contributed by atoms with E-state index in [4.69, 9.17) is 9.47 Å². The molecule has 2 aromatic rings. The molecule has 5 amide bonds. The molecule has 4 saturated heterocycles. The number of ether oxygens (including phenoxy) is 2. The lowest BCUT2D eigenvalue weighted by molar-refractivity contribution is -0.146. The summed E-state index contributed by atoms with van der Waals surface area (Å²) in [6, 6.07) is 11.8. The highest BCUT2D eigenvalue weighted by atomic mass is 16.6. The third kappa shape index (κ3) is 10.9. The number of fused-ring (bicyclic) bond motifs is 1. The normalized spacial score (nSPS) is 20.6. The zero-order chi connectivity index (χ0) is 42.2. The number of anilines is 1. The van der Waals surface area contributed by atoms with Crippen molar-refractivity contribution in [2.75, 3.05) is 90.5 Å². The van der Waals surface area contributed by atoms with Gasteiger partial charge in [-0.05, 0) is 100 Å². The van der Waals surface area contributed by atoms with Crippen molar-refractivity contribution in [3.8, 4) is 5.75 Å². The number of urea groups is 1. The standard InChI is InChI=1S/C45H63N7O8/c1-32-29-34(30-33(2)42(32)55)31-39(60-45(58)51-20-13-37(14-21-51)52-22-10-35-7-3-4-8-38(35)46-44(52)57)43(56)50-25-23-48(24-26-50)36-11-17-47(18-12-36)19-15-41(54)59-28-27-49-16-6-5-9-40(49)53/h3-4,7-8,29-30,36-37,39,55H,5-6,9-28,31H2,1-2H3,(H,46,57)/t39-/m1/s1. The number of benzene rings is 2. The van der Waals surface area contributed by atoms with Crippen LogP contribution in [0.1, 0.15) is 73.6 Å². The first-order valence-electron chi connectivity index (χ1n) is 22.1. The fraction of sp³-hybridized carbons (Fsp3) is 0.622. The van der Waals surface area contributed by atoms with Crippen molar-refractivity contribution in [3.63, 3.8) is 0 Å². The Balaban J connectivity index is 0.874. The third-order valence-electron chi connectivity index (χ3n) is 13.2. The maximum Gasteiger partial charge on any atom is 0.410 e. The molecule has 15 heteroatoms. The summed E-state index contributed by atoms with van der Waals surface area (Å²) in [5, 5.41) is 13.5. The Bertz CT molecular complexity index is 1830. The Morgan fingerprint density at radius 2 is 1.50 bits per heavy atom. The van der Waals surface area contributed by atoms with Crippen molar-refractivity contribution in [2.45, 2.75) is 96.2 Å². The molecule has 15 nitrogen and oxygen atoms in total. The number of carbonyl (C=O) groups is 5. The second kappa shape index (κ2) is 20.1. The van der Waals surface area contributed by atoms with Crippen molar-refractivity contribution >= 4 is 35.6 Å². The predicted octanol–water partition coefficient (Wildman–Crippen LogP) is 4.17. The van der Waals surface area contributed by atoms with Gasteiger partial charge in [0, 0.05) is 89.5 Å². The van der Waals surface area contributed by atoms with Gasteiger partial charge < -0.3 is 44.4 Å². The van der Waals surface area contributed by atoms with Crippen LogP contribution in [0.5, 0.6) is 5.75 Å². The summed E-state index contributed by atoms with van der Waals surface area (Å²) < 4.78 is 11.5. The lowest BCUT2D eigenvalue weighted by Gasteiger charge is -2.43. The maximum absolute atomic E-state index is 14.2. The zero-order valence-corrected chi connectivity index (χ0v) is 35.4. The minimum Gasteiger partial charge on any atom is -0.507 e. The molecule has 0 unspecified atom stereocenters. The molecule has 60 heavy (non-hydrogen) atoms. The van der Waals surface area contributed by atoms with Crippen LogP contribution in [0.3, 0.4) is 0 Å². The molecule has 2 aromatic carbocycles. The summed E-state index contributed by atoms with van der Waals surface area (Å²) in [7, 11) is 0. The predicted molar refractivity (Wildman–Crippen MR) is 226 cm³/mol. The summed E-state index contributed by atoms with van der Waals surface area (Å²) in [5.41, 5.74) is 4.17. The number of nitrogens with one attached hydrogen (secondary N) is 1. The molecule has 326 valence electrons. The molecule has 5 heterocycles. The number of aryl methyl sites for hydroxylation is 2. The topological polar surface area (TPSA) is 156 Å². The van der Waals surface area contributed by atoms with Crippen LogP contribution in [-0.4, -0.2) is 168 Å². The zero-order valence-electron chi connectivity index (χ0n) is 35.4. The van der Waals surface area contributed by atoms with Crippen LogP contribution in [0.15, 0.2) is 36.4 Å². The summed E-state index contributed by atoms with van der Waals surface area (Å²) in [6.45, 7) is 11.5. The Hall–Kier alpha value is -4.89. The third-order valence-corrected chi connectivity index (χ3v) is 13.2.